The van der Waals surface area contributed by atoms with Gasteiger partial charge in [0.2, 0.25) is 0 Å². The summed E-state index contributed by atoms with van der Waals surface area (Å²) in [6, 6.07) is 1.62. The third-order valence-electron chi connectivity index (χ3n) is 4.43. The molecule has 2 fully saturated rings. The van der Waals surface area contributed by atoms with Gasteiger partial charge in [0.05, 0.1) is 0 Å². The number of piperidine rings is 1. The molecule has 0 amide bonds. The minimum atomic E-state index is 0.806. The zero-order valence-electron chi connectivity index (χ0n) is 10.3. The Balaban J connectivity index is 1.72. The first-order valence-corrected chi connectivity index (χ1v) is 6.75. The maximum atomic E-state index is 3.60. The molecule has 0 radical (unpaired) electrons. The standard InChI is InChI=1S/C13H26N2/c1-11-5-4-9-15(12(11)2)10-7-13-6-3-8-14-13/h11-14H,3-10H2,1-2H3. The van der Waals surface area contributed by atoms with Crippen molar-refractivity contribution in [1.29, 1.82) is 0 Å². The van der Waals surface area contributed by atoms with Crippen LogP contribution in [0.2, 0.25) is 0 Å². The SMILES string of the molecule is CC1CCCN(CCC2CCCN2)C1C. The molecule has 0 aromatic rings. The lowest BCUT2D eigenvalue weighted by Crippen LogP contribution is -2.44. The summed E-state index contributed by atoms with van der Waals surface area (Å²) in [5, 5.41) is 3.60. The molecule has 1 N–H and O–H groups in total. The van der Waals surface area contributed by atoms with E-state index in [1.54, 1.807) is 0 Å². The molecule has 0 aliphatic carbocycles. The number of nitrogens with one attached hydrogen (secondary N) is 1. The molecule has 0 spiro atoms. The van der Waals surface area contributed by atoms with Gasteiger partial charge in [-0.1, -0.05) is 6.92 Å². The highest BCUT2D eigenvalue weighted by molar-refractivity contribution is 4.81. The fraction of sp³-hybridized carbons (Fsp3) is 1.00. The molecule has 0 bridgehead atoms. The molecule has 3 atom stereocenters. The van der Waals surface area contributed by atoms with E-state index in [4.69, 9.17) is 0 Å². The summed E-state index contributed by atoms with van der Waals surface area (Å²) in [6.45, 7) is 8.70. The Morgan fingerprint density at radius 3 is 2.80 bits per heavy atom. The maximum absolute atomic E-state index is 3.60. The molecule has 2 rings (SSSR count). The molecule has 2 nitrogen and oxygen atoms in total. The average Bonchev–Trinajstić information content (AvgIpc) is 2.73. The number of nitrogens with zero attached hydrogens (tertiary/aromatic N) is 1. The van der Waals surface area contributed by atoms with Gasteiger partial charge in [-0.25, -0.2) is 0 Å². The van der Waals surface area contributed by atoms with E-state index in [2.05, 4.69) is 24.1 Å². The summed E-state index contributed by atoms with van der Waals surface area (Å²) in [7, 11) is 0. The van der Waals surface area contributed by atoms with Crippen molar-refractivity contribution < 1.29 is 0 Å². The quantitative estimate of drug-likeness (QED) is 0.768. The normalized spacial score (nSPS) is 38.4. The molecular formula is C13H26N2. The third-order valence-corrected chi connectivity index (χ3v) is 4.43. The van der Waals surface area contributed by atoms with Crippen LogP contribution in [0.25, 0.3) is 0 Å². The molecule has 2 heterocycles. The molecule has 2 saturated heterocycles. The smallest absolute Gasteiger partial charge is 0.00925 e. The van der Waals surface area contributed by atoms with E-state index in [1.165, 1.54) is 51.7 Å². The van der Waals surface area contributed by atoms with Crippen molar-refractivity contribution in [2.24, 2.45) is 5.92 Å². The Labute approximate surface area is 94.4 Å². The van der Waals surface area contributed by atoms with Crippen LogP contribution in [0.15, 0.2) is 0 Å². The van der Waals surface area contributed by atoms with Gasteiger partial charge in [-0.2, -0.15) is 0 Å². The van der Waals surface area contributed by atoms with Gasteiger partial charge in [-0.05, 0) is 64.6 Å². The van der Waals surface area contributed by atoms with Gasteiger partial charge >= 0.3 is 0 Å². The van der Waals surface area contributed by atoms with Crippen molar-refractivity contribution in [3.8, 4) is 0 Å². The van der Waals surface area contributed by atoms with E-state index in [-0.39, 0.29) is 0 Å². The third kappa shape index (κ3) is 2.94. The van der Waals surface area contributed by atoms with E-state index >= 15 is 0 Å². The Hall–Kier alpha value is -0.0800. The number of rotatable bonds is 3. The van der Waals surface area contributed by atoms with Crippen LogP contribution in [0.1, 0.15) is 46.0 Å². The Morgan fingerprint density at radius 2 is 2.07 bits per heavy atom. The van der Waals surface area contributed by atoms with Gasteiger partial charge in [0, 0.05) is 12.1 Å². The van der Waals surface area contributed by atoms with Crippen LogP contribution < -0.4 is 5.32 Å². The highest BCUT2D eigenvalue weighted by Gasteiger charge is 2.25. The molecular weight excluding hydrogens is 184 g/mol. The highest BCUT2D eigenvalue weighted by Crippen LogP contribution is 2.23. The minimum absolute atomic E-state index is 0.806. The lowest BCUT2D eigenvalue weighted by atomic mass is 9.92. The lowest BCUT2D eigenvalue weighted by Gasteiger charge is -2.38. The summed E-state index contributed by atoms with van der Waals surface area (Å²) < 4.78 is 0. The molecule has 2 heteroatoms. The fourth-order valence-electron chi connectivity index (χ4n) is 3.06. The Morgan fingerprint density at radius 1 is 1.20 bits per heavy atom. The van der Waals surface area contributed by atoms with Crippen LogP contribution >= 0.6 is 0 Å². The van der Waals surface area contributed by atoms with Gasteiger partial charge in [-0.15, -0.1) is 0 Å². The minimum Gasteiger partial charge on any atom is -0.314 e. The van der Waals surface area contributed by atoms with Gasteiger partial charge < -0.3 is 10.2 Å². The Bertz CT molecular complexity index is 187. The Kier molecular flexibility index (Phi) is 4.04. The second kappa shape index (κ2) is 5.31. The van der Waals surface area contributed by atoms with Crippen LogP contribution in [0.4, 0.5) is 0 Å². The predicted octanol–water partition coefficient (Wildman–Crippen LogP) is 2.25. The monoisotopic (exact) mass is 210 g/mol. The van der Waals surface area contributed by atoms with E-state index in [9.17, 15) is 0 Å². The number of likely N-dealkylation sites (tertiary alicyclic amines) is 1. The second-order valence-corrected chi connectivity index (χ2v) is 5.48. The zero-order chi connectivity index (χ0) is 10.7. The summed E-state index contributed by atoms with van der Waals surface area (Å²) in [6.07, 6.45) is 6.98. The van der Waals surface area contributed by atoms with Crippen molar-refractivity contribution in [2.45, 2.75) is 58.0 Å². The first kappa shape index (κ1) is 11.4. The van der Waals surface area contributed by atoms with Crippen molar-refractivity contribution in [1.82, 2.24) is 10.2 Å². The zero-order valence-corrected chi connectivity index (χ0v) is 10.3. The lowest BCUT2D eigenvalue weighted by molar-refractivity contribution is 0.109. The van der Waals surface area contributed by atoms with Crippen molar-refractivity contribution in [3.63, 3.8) is 0 Å². The van der Waals surface area contributed by atoms with Crippen LogP contribution in [-0.4, -0.2) is 36.6 Å². The van der Waals surface area contributed by atoms with E-state index in [0.29, 0.717) is 0 Å². The summed E-state index contributed by atoms with van der Waals surface area (Å²) in [4.78, 5) is 2.70. The average molecular weight is 210 g/mol. The largest absolute Gasteiger partial charge is 0.314 e. The van der Waals surface area contributed by atoms with E-state index < -0.39 is 0 Å². The van der Waals surface area contributed by atoms with Crippen LogP contribution in [0, 0.1) is 5.92 Å². The summed E-state index contributed by atoms with van der Waals surface area (Å²) in [5.41, 5.74) is 0. The molecule has 0 saturated carbocycles. The van der Waals surface area contributed by atoms with Gasteiger partial charge in [0.15, 0.2) is 0 Å². The molecule has 2 aliphatic rings. The fourth-order valence-corrected chi connectivity index (χ4v) is 3.06. The van der Waals surface area contributed by atoms with E-state index in [1.807, 2.05) is 0 Å². The molecule has 2 aliphatic heterocycles. The topological polar surface area (TPSA) is 15.3 Å². The summed E-state index contributed by atoms with van der Waals surface area (Å²) in [5.74, 6) is 0.898. The molecule has 3 unspecified atom stereocenters. The molecule has 0 aromatic heterocycles. The van der Waals surface area contributed by atoms with Gasteiger partial charge in [0.1, 0.15) is 0 Å². The maximum Gasteiger partial charge on any atom is 0.00925 e. The molecule has 0 aromatic carbocycles. The van der Waals surface area contributed by atoms with Crippen LogP contribution in [0.5, 0.6) is 0 Å². The molecule has 15 heavy (non-hydrogen) atoms. The van der Waals surface area contributed by atoms with Gasteiger partial charge in [0.25, 0.3) is 0 Å². The van der Waals surface area contributed by atoms with Crippen molar-refractivity contribution in [3.05, 3.63) is 0 Å². The predicted molar refractivity (Wildman–Crippen MR) is 65.1 cm³/mol. The van der Waals surface area contributed by atoms with Gasteiger partial charge in [-0.3, -0.25) is 0 Å². The van der Waals surface area contributed by atoms with Crippen molar-refractivity contribution in [2.75, 3.05) is 19.6 Å². The number of hydrogen-bond acceptors (Lipinski definition) is 2. The summed E-state index contributed by atoms with van der Waals surface area (Å²) >= 11 is 0. The molecule has 88 valence electrons. The second-order valence-electron chi connectivity index (χ2n) is 5.48. The van der Waals surface area contributed by atoms with Crippen LogP contribution in [0.3, 0.4) is 0 Å². The van der Waals surface area contributed by atoms with Crippen molar-refractivity contribution >= 4 is 0 Å². The first-order chi connectivity index (χ1) is 7.27. The first-order valence-electron chi connectivity index (χ1n) is 6.75. The van der Waals surface area contributed by atoms with Crippen LogP contribution in [-0.2, 0) is 0 Å². The van der Waals surface area contributed by atoms with E-state index in [0.717, 1.165) is 18.0 Å². The number of hydrogen-bond donors (Lipinski definition) is 1. The highest BCUT2D eigenvalue weighted by atomic mass is 15.2.